The second kappa shape index (κ2) is 14.4. The predicted octanol–water partition coefficient (Wildman–Crippen LogP) is 6.74. The van der Waals surface area contributed by atoms with E-state index in [1.54, 1.807) is 0 Å². The summed E-state index contributed by atoms with van der Waals surface area (Å²) in [5.41, 5.74) is 5.33. The first-order valence-electron chi connectivity index (χ1n) is 10.7. The van der Waals surface area contributed by atoms with Crippen LogP contribution >= 0.6 is 0 Å². The van der Waals surface area contributed by atoms with Crippen molar-refractivity contribution in [2.75, 3.05) is 13.6 Å². The number of hydrogen-bond donors (Lipinski definition) is 1. The third-order valence-electron chi connectivity index (χ3n) is 5.03. The topological polar surface area (TPSA) is 24.4 Å². The molecular weight excluding hydrogens is 328 g/mol. The summed E-state index contributed by atoms with van der Waals surface area (Å²) in [4.78, 5) is 4.73. The van der Waals surface area contributed by atoms with Gasteiger partial charge in [0.1, 0.15) is 0 Å². The maximum Gasteiger partial charge on any atom is 0.0362 e. The lowest BCUT2D eigenvalue weighted by molar-refractivity contribution is 0.501. The van der Waals surface area contributed by atoms with E-state index in [-0.39, 0.29) is 0 Å². The third-order valence-corrected chi connectivity index (χ3v) is 5.03. The van der Waals surface area contributed by atoms with Crippen LogP contribution < -0.4 is 5.32 Å². The molecule has 0 aromatic heterocycles. The van der Waals surface area contributed by atoms with Gasteiger partial charge in [-0.05, 0) is 81.6 Å². The summed E-state index contributed by atoms with van der Waals surface area (Å²) in [6.45, 7) is 11.7. The van der Waals surface area contributed by atoms with Gasteiger partial charge in [0.15, 0.2) is 0 Å². The van der Waals surface area contributed by atoms with Crippen molar-refractivity contribution in [3.05, 3.63) is 53.2 Å². The Morgan fingerprint density at radius 1 is 1.22 bits per heavy atom. The molecule has 1 N–H and O–H groups in total. The van der Waals surface area contributed by atoms with Crippen LogP contribution in [0.25, 0.3) is 6.08 Å². The number of nitrogens with zero attached hydrogens (tertiary/aromatic N) is 1. The zero-order chi connectivity index (χ0) is 19.9. The van der Waals surface area contributed by atoms with Gasteiger partial charge >= 0.3 is 0 Å². The van der Waals surface area contributed by atoms with E-state index < -0.39 is 0 Å². The molecule has 1 rings (SSSR count). The first kappa shape index (κ1) is 23.4. The average molecular weight is 369 g/mol. The lowest BCUT2D eigenvalue weighted by atomic mass is 9.90. The second-order valence-corrected chi connectivity index (χ2v) is 7.38. The molecule has 1 aromatic rings. The van der Waals surface area contributed by atoms with E-state index in [9.17, 15) is 0 Å². The fraction of sp³-hybridized carbons (Fsp3) is 0.560. The van der Waals surface area contributed by atoms with Gasteiger partial charge in [0.2, 0.25) is 0 Å². The third kappa shape index (κ3) is 9.19. The molecule has 0 amide bonds. The van der Waals surface area contributed by atoms with Crippen molar-refractivity contribution in [3.63, 3.8) is 0 Å². The van der Waals surface area contributed by atoms with Gasteiger partial charge in [0.05, 0.1) is 0 Å². The predicted molar refractivity (Wildman–Crippen MR) is 123 cm³/mol. The van der Waals surface area contributed by atoms with Gasteiger partial charge in [-0.2, -0.15) is 0 Å². The minimum atomic E-state index is 0.593. The van der Waals surface area contributed by atoms with Crippen LogP contribution in [0.4, 0.5) is 0 Å². The minimum Gasteiger partial charge on any atom is -0.320 e. The normalized spacial score (nSPS) is 13.3. The van der Waals surface area contributed by atoms with Crippen molar-refractivity contribution in [2.45, 2.75) is 72.1 Å². The summed E-state index contributed by atoms with van der Waals surface area (Å²) in [7, 11) is 2.03. The largest absolute Gasteiger partial charge is 0.320 e. The van der Waals surface area contributed by atoms with Crippen molar-refractivity contribution < 1.29 is 0 Å². The summed E-state index contributed by atoms with van der Waals surface area (Å²) in [5.74, 6) is 0.593. The number of aryl methyl sites for hydroxylation is 2. The minimum absolute atomic E-state index is 0.593. The Morgan fingerprint density at radius 2 is 2.04 bits per heavy atom. The molecule has 0 saturated carbocycles. The van der Waals surface area contributed by atoms with Crippen LogP contribution in [0.5, 0.6) is 0 Å². The van der Waals surface area contributed by atoms with Crippen LogP contribution in [-0.4, -0.2) is 19.8 Å². The molecule has 150 valence electrons. The highest BCUT2D eigenvalue weighted by molar-refractivity contribution is 5.58. The zero-order valence-corrected chi connectivity index (χ0v) is 18.1. The van der Waals surface area contributed by atoms with Crippen molar-refractivity contribution in [3.8, 4) is 0 Å². The molecule has 2 heteroatoms. The highest BCUT2D eigenvalue weighted by atomic mass is 14.8. The molecule has 2 nitrogen and oxygen atoms in total. The smallest absolute Gasteiger partial charge is 0.0362 e. The Morgan fingerprint density at radius 3 is 2.70 bits per heavy atom. The van der Waals surface area contributed by atoms with Crippen LogP contribution in [0, 0.1) is 12.8 Å². The molecule has 0 radical (unpaired) electrons. The van der Waals surface area contributed by atoms with E-state index in [4.69, 9.17) is 4.99 Å². The van der Waals surface area contributed by atoms with E-state index in [2.05, 4.69) is 63.2 Å². The number of nitrogens with one attached hydrogen (secondary N) is 1. The maximum absolute atomic E-state index is 4.73. The lowest BCUT2D eigenvalue weighted by Gasteiger charge is -2.16. The number of rotatable bonds is 14. The van der Waals surface area contributed by atoms with Crippen molar-refractivity contribution in [1.29, 1.82) is 0 Å². The molecule has 1 atom stereocenters. The monoisotopic (exact) mass is 368 g/mol. The van der Waals surface area contributed by atoms with Crippen LogP contribution in [0.15, 0.2) is 41.5 Å². The van der Waals surface area contributed by atoms with Gasteiger partial charge in [-0.1, -0.05) is 63.6 Å². The molecule has 0 bridgehead atoms. The molecule has 1 aromatic carbocycles. The zero-order valence-electron chi connectivity index (χ0n) is 18.1. The summed E-state index contributed by atoms with van der Waals surface area (Å²) < 4.78 is 0. The highest BCUT2D eigenvalue weighted by Gasteiger charge is 2.10. The Bertz CT molecular complexity index is 598. The molecule has 0 aliphatic carbocycles. The number of unbranched alkanes of at least 4 members (excludes halogenated alkanes) is 1. The quantitative estimate of drug-likeness (QED) is 0.285. The number of benzene rings is 1. The van der Waals surface area contributed by atoms with E-state index >= 15 is 0 Å². The van der Waals surface area contributed by atoms with Gasteiger partial charge in [-0.3, -0.25) is 4.99 Å². The summed E-state index contributed by atoms with van der Waals surface area (Å²) >= 11 is 0. The lowest BCUT2D eigenvalue weighted by Crippen LogP contribution is -2.08. The van der Waals surface area contributed by atoms with E-state index in [0.717, 1.165) is 32.2 Å². The Hall–Kier alpha value is -1.67. The first-order valence-corrected chi connectivity index (χ1v) is 10.7. The van der Waals surface area contributed by atoms with Gasteiger partial charge in [0, 0.05) is 11.9 Å². The fourth-order valence-corrected chi connectivity index (χ4v) is 3.54. The summed E-state index contributed by atoms with van der Waals surface area (Å²) in [5, 5.41) is 3.26. The molecule has 0 aliphatic heterocycles. The average Bonchev–Trinajstić information content (AvgIpc) is 2.67. The van der Waals surface area contributed by atoms with Gasteiger partial charge in [0.25, 0.3) is 0 Å². The Kier molecular flexibility index (Phi) is 12.5. The number of allylic oxidation sites excluding steroid dienone is 2. The maximum atomic E-state index is 4.73. The van der Waals surface area contributed by atoms with Gasteiger partial charge < -0.3 is 5.32 Å². The van der Waals surface area contributed by atoms with Crippen molar-refractivity contribution in [2.24, 2.45) is 10.9 Å². The van der Waals surface area contributed by atoms with Crippen LogP contribution in [-0.2, 0) is 6.42 Å². The van der Waals surface area contributed by atoms with Crippen LogP contribution in [0.2, 0.25) is 0 Å². The first-order chi connectivity index (χ1) is 13.2. The van der Waals surface area contributed by atoms with Crippen molar-refractivity contribution in [1.82, 2.24) is 5.32 Å². The summed E-state index contributed by atoms with van der Waals surface area (Å²) in [6, 6.07) is 6.60. The van der Waals surface area contributed by atoms with Crippen LogP contribution in [0.3, 0.4) is 0 Å². The van der Waals surface area contributed by atoms with Crippen molar-refractivity contribution >= 4 is 12.3 Å². The molecule has 0 spiro atoms. The SMILES string of the molecule is C=Cc1c(C)cccc1CCC(/C=C(\CCC)N=CCC)CCCCNC. The Balaban J connectivity index is 2.88. The summed E-state index contributed by atoms with van der Waals surface area (Å²) in [6.07, 6.45) is 15.8. The molecule has 0 heterocycles. The second-order valence-electron chi connectivity index (χ2n) is 7.38. The molecule has 0 aliphatic rings. The van der Waals surface area contributed by atoms with E-state index in [1.807, 2.05) is 13.1 Å². The number of aliphatic imine (C=N–C) groups is 1. The van der Waals surface area contributed by atoms with Gasteiger partial charge in [-0.25, -0.2) is 0 Å². The molecular formula is C25H40N2. The fourth-order valence-electron chi connectivity index (χ4n) is 3.54. The Labute approximate surface area is 167 Å². The number of hydrogen-bond acceptors (Lipinski definition) is 2. The standard InChI is InChI=1S/C25H40N2/c1-6-12-24(27-18-7-2)20-22(14-9-10-19-26-5)16-17-23-15-11-13-21(4)25(23)8-3/h8,11,13,15,18,20,22,26H,3,6-7,9-10,12,14,16-17,19H2,1-2,4-5H3/b24-20+,27-18?. The van der Waals surface area contributed by atoms with E-state index in [0.29, 0.717) is 5.92 Å². The molecule has 27 heavy (non-hydrogen) atoms. The molecule has 0 saturated heterocycles. The highest BCUT2D eigenvalue weighted by Crippen LogP contribution is 2.24. The van der Waals surface area contributed by atoms with E-state index in [1.165, 1.54) is 48.1 Å². The van der Waals surface area contributed by atoms with Crippen LogP contribution in [0.1, 0.15) is 75.5 Å². The van der Waals surface area contributed by atoms with Gasteiger partial charge in [-0.15, -0.1) is 0 Å². The molecule has 1 unspecified atom stereocenters. The molecule has 0 fully saturated rings.